The van der Waals surface area contributed by atoms with E-state index in [1.54, 1.807) is 31.0 Å². The van der Waals surface area contributed by atoms with Gasteiger partial charge in [-0.25, -0.2) is 19.9 Å². The van der Waals surface area contributed by atoms with Crippen molar-refractivity contribution in [2.45, 2.75) is 25.4 Å². The van der Waals surface area contributed by atoms with E-state index in [-0.39, 0.29) is 6.04 Å². The van der Waals surface area contributed by atoms with Crippen LogP contribution in [0, 0.1) is 0 Å². The summed E-state index contributed by atoms with van der Waals surface area (Å²) >= 11 is 0. The van der Waals surface area contributed by atoms with Crippen molar-refractivity contribution in [3.05, 3.63) is 54.8 Å². The molecule has 1 aliphatic heterocycles. The highest BCUT2D eigenvalue weighted by atomic mass is 15.2. The molecule has 3 aromatic rings. The molecule has 1 fully saturated rings. The summed E-state index contributed by atoms with van der Waals surface area (Å²) in [5, 5.41) is 3.10. The first kappa shape index (κ1) is 14.7. The highest BCUT2D eigenvalue weighted by molar-refractivity contribution is 5.45. The second kappa shape index (κ2) is 6.71. The number of imidazole rings is 1. The van der Waals surface area contributed by atoms with Crippen molar-refractivity contribution in [3.63, 3.8) is 0 Å². The summed E-state index contributed by atoms with van der Waals surface area (Å²) in [5.41, 5.74) is 1.01. The predicted molar refractivity (Wildman–Crippen MR) is 88.3 cm³/mol. The first-order chi connectivity index (χ1) is 11.9. The van der Waals surface area contributed by atoms with Gasteiger partial charge in [0.05, 0.1) is 24.5 Å². The normalized spacial score (nSPS) is 17.9. The summed E-state index contributed by atoms with van der Waals surface area (Å²) in [5.74, 6) is 2.15. The molecule has 24 heavy (non-hydrogen) atoms. The molecule has 1 atom stereocenters. The van der Waals surface area contributed by atoms with E-state index in [1.807, 2.05) is 12.3 Å². The van der Waals surface area contributed by atoms with Crippen molar-refractivity contribution >= 4 is 11.8 Å². The Morgan fingerprint density at radius 3 is 3.00 bits per heavy atom. The van der Waals surface area contributed by atoms with E-state index in [1.165, 1.54) is 0 Å². The summed E-state index contributed by atoms with van der Waals surface area (Å²) in [6.45, 7) is 1.84. The molecule has 0 bridgehead atoms. The Labute approximate surface area is 139 Å². The van der Waals surface area contributed by atoms with Gasteiger partial charge in [-0.2, -0.15) is 0 Å². The first-order valence-electron chi connectivity index (χ1n) is 7.97. The van der Waals surface area contributed by atoms with Crippen LogP contribution in [0.1, 0.15) is 30.4 Å². The van der Waals surface area contributed by atoms with Crippen LogP contribution >= 0.6 is 0 Å². The van der Waals surface area contributed by atoms with Gasteiger partial charge in [0.25, 0.3) is 0 Å². The highest BCUT2D eigenvalue weighted by Crippen LogP contribution is 2.32. The summed E-state index contributed by atoms with van der Waals surface area (Å²) in [4.78, 5) is 27.1. The largest absolute Gasteiger partial charge is 0.348 e. The van der Waals surface area contributed by atoms with E-state index in [2.05, 4.69) is 40.1 Å². The average Bonchev–Trinajstić information content (AvgIpc) is 3.28. The maximum Gasteiger partial charge on any atom is 0.228 e. The van der Waals surface area contributed by atoms with Crippen LogP contribution in [0.15, 0.2) is 43.2 Å². The number of anilines is 2. The number of hydrogen-bond acceptors (Lipinski definition) is 7. The molecule has 0 aliphatic carbocycles. The Morgan fingerprint density at radius 2 is 2.17 bits per heavy atom. The third-order valence-electron chi connectivity index (χ3n) is 4.09. The number of nitrogens with zero attached hydrogens (tertiary/aromatic N) is 6. The van der Waals surface area contributed by atoms with Crippen molar-refractivity contribution < 1.29 is 0 Å². The summed E-state index contributed by atoms with van der Waals surface area (Å²) in [7, 11) is 0. The van der Waals surface area contributed by atoms with Gasteiger partial charge in [0.2, 0.25) is 5.95 Å². The second-order valence-corrected chi connectivity index (χ2v) is 5.69. The molecule has 4 heterocycles. The van der Waals surface area contributed by atoms with E-state index in [9.17, 15) is 0 Å². The zero-order valence-electron chi connectivity index (χ0n) is 13.1. The highest BCUT2D eigenvalue weighted by Gasteiger charge is 2.27. The van der Waals surface area contributed by atoms with Gasteiger partial charge in [0.15, 0.2) is 5.82 Å². The van der Waals surface area contributed by atoms with Crippen molar-refractivity contribution in [1.82, 2.24) is 34.8 Å². The van der Waals surface area contributed by atoms with E-state index in [0.717, 1.165) is 37.4 Å². The lowest BCUT2D eigenvalue weighted by Gasteiger charge is -2.23. The molecule has 1 aliphatic rings. The van der Waals surface area contributed by atoms with E-state index in [0.29, 0.717) is 11.8 Å². The summed E-state index contributed by atoms with van der Waals surface area (Å²) in [6, 6.07) is 2.26. The maximum absolute atomic E-state index is 4.67. The van der Waals surface area contributed by atoms with Crippen LogP contribution in [0.5, 0.6) is 0 Å². The smallest absolute Gasteiger partial charge is 0.228 e. The quantitative estimate of drug-likeness (QED) is 0.742. The van der Waals surface area contributed by atoms with E-state index >= 15 is 0 Å². The molecule has 4 rings (SSSR count). The molecular formula is C16H18N8. The number of rotatable bonds is 5. The van der Waals surface area contributed by atoms with Crippen LogP contribution in [0.2, 0.25) is 0 Å². The number of aromatic amines is 1. The number of nitrogens with one attached hydrogen (secondary N) is 2. The molecule has 8 nitrogen and oxygen atoms in total. The Bertz CT molecular complexity index is 774. The van der Waals surface area contributed by atoms with Gasteiger partial charge < -0.3 is 10.3 Å². The SMILES string of the molecule is c1cnc(Nc2nccc(C3CCCN3Cc3ncc[nH]3)n2)cn1. The predicted octanol–water partition coefficient (Wildman–Crippen LogP) is 2.07. The molecule has 122 valence electrons. The third-order valence-corrected chi connectivity index (χ3v) is 4.09. The molecule has 0 radical (unpaired) electrons. The molecule has 2 N–H and O–H groups in total. The molecule has 1 unspecified atom stereocenters. The zero-order chi connectivity index (χ0) is 16.2. The second-order valence-electron chi connectivity index (χ2n) is 5.69. The monoisotopic (exact) mass is 322 g/mol. The topological polar surface area (TPSA) is 95.5 Å². The fourth-order valence-electron chi connectivity index (χ4n) is 3.02. The fourth-order valence-corrected chi connectivity index (χ4v) is 3.02. The molecule has 1 saturated heterocycles. The van der Waals surface area contributed by atoms with Gasteiger partial charge in [-0.3, -0.25) is 9.88 Å². The van der Waals surface area contributed by atoms with Crippen LogP contribution < -0.4 is 5.32 Å². The number of H-pyrrole nitrogens is 1. The zero-order valence-corrected chi connectivity index (χ0v) is 13.1. The van der Waals surface area contributed by atoms with Crippen LogP contribution in [0.3, 0.4) is 0 Å². The lowest BCUT2D eigenvalue weighted by atomic mass is 10.1. The van der Waals surface area contributed by atoms with Crippen LogP contribution in [0.25, 0.3) is 0 Å². The van der Waals surface area contributed by atoms with Crippen LogP contribution in [-0.4, -0.2) is 41.3 Å². The molecule has 0 aromatic carbocycles. The third kappa shape index (κ3) is 3.23. The van der Waals surface area contributed by atoms with Gasteiger partial charge in [-0.1, -0.05) is 0 Å². The minimum absolute atomic E-state index is 0.278. The Hall–Kier alpha value is -2.87. The maximum atomic E-state index is 4.67. The number of likely N-dealkylation sites (tertiary alicyclic amines) is 1. The molecule has 0 spiro atoms. The van der Waals surface area contributed by atoms with Crippen molar-refractivity contribution in [2.24, 2.45) is 0 Å². The standard InChI is InChI=1S/C16H18N8/c1-2-13(24(9-1)11-15-19-7-8-20-15)12-3-4-21-16(22-12)23-14-10-17-5-6-18-14/h3-8,10,13H,1-2,9,11H2,(H,19,20)(H,18,21,22,23). The van der Waals surface area contributed by atoms with Gasteiger partial charge in [-0.05, 0) is 25.5 Å². The molecular weight excluding hydrogens is 304 g/mol. The molecule has 8 heteroatoms. The van der Waals surface area contributed by atoms with Gasteiger partial charge in [0, 0.05) is 31.0 Å². The lowest BCUT2D eigenvalue weighted by molar-refractivity contribution is 0.239. The van der Waals surface area contributed by atoms with Crippen molar-refractivity contribution in [3.8, 4) is 0 Å². The Morgan fingerprint density at radius 1 is 1.17 bits per heavy atom. The van der Waals surface area contributed by atoms with Gasteiger partial charge >= 0.3 is 0 Å². The minimum Gasteiger partial charge on any atom is -0.348 e. The van der Waals surface area contributed by atoms with E-state index in [4.69, 9.17) is 0 Å². The summed E-state index contributed by atoms with van der Waals surface area (Å²) in [6.07, 6.45) is 12.6. The fraction of sp³-hybridized carbons (Fsp3) is 0.312. The van der Waals surface area contributed by atoms with Crippen LogP contribution in [0.4, 0.5) is 11.8 Å². The molecule has 3 aromatic heterocycles. The molecule has 0 saturated carbocycles. The molecule has 0 amide bonds. The lowest BCUT2D eigenvalue weighted by Crippen LogP contribution is -2.24. The van der Waals surface area contributed by atoms with Crippen molar-refractivity contribution in [1.29, 1.82) is 0 Å². The Kier molecular flexibility index (Phi) is 4.11. The first-order valence-corrected chi connectivity index (χ1v) is 7.97. The Balaban J connectivity index is 1.51. The minimum atomic E-state index is 0.278. The number of aromatic nitrogens is 6. The summed E-state index contributed by atoms with van der Waals surface area (Å²) < 4.78 is 0. The average molecular weight is 322 g/mol. The van der Waals surface area contributed by atoms with E-state index < -0.39 is 0 Å². The number of hydrogen-bond donors (Lipinski definition) is 2. The van der Waals surface area contributed by atoms with Crippen molar-refractivity contribution in [2.75, 3.05) is 11.9 Å². The van der Waals surface area contributed by atoms with Gasteiger partial charge in [0.1, 0.15) is 5.82 Å². The van der Waals surface area contributed by atoms with Crippen LogP contribution in [-0.2, 0) is 6.54 Å². The van der Waals surface area contributed by atoms with Gasteiger partial charge in [-0.15, -0.1) is 0 Å².